The molecule has 0 fully saturated rings. The van der Waals surface area contributed by atoms with Gasteiger partial charge in [-0.2, -0.15) is 0 Å². The highest BCUT2D eigenvalue weighted by molar-refractivity contribution is 5.99. The van der Waals surface area contributed by atoms with Crippen LogP contribution in [0.15, 0.2) is 18.2 Å². The molecule has 1 aliphatic heterocycles. The predicted molar refractivity (Wildman–Crippen MR) is 83.0 cm³/mol. The van der Waals surface area contributed by atoms with Crippen molar-refractivity contribution in [1.82, 2.24) is 5.32 Å². The molecule has 5 heteroatoms. The van der Waals surface area contributed by atoms with Crippen molar-refractivity contribution in [2.24, 2.45) is 5.73 Å². The maximum atomic E-state index is 11.8. The van der Waals surface area contributed by atoms with E-state index in [0.717, 1.165) is 29.7 Å². The van der Waals surface area contributed by atoms with Gasteiger partial charge >= 0.3 is 0 Å². The predicted octanol–water partition coefficient (Wildman–Crippen LogP) is 1.36. The molecular weight excluding hydrogens is 266 g/mol. The van der Waals surface area contributed by atoms with Crippen molar-refractivity contribution in [2.75, 3.05) is 11.9 Å². The fraction of sp³-hybridized carbons (Fsp3) is 0.500. The molecule has 0 aromatic heterocycles. The summed E-state index contributed by atoms with van der Waals surface area (Å²) in [7, 11) is 0. The first-order valence-electron chi connectivity index (χ1n) is 7.32. The second-order valence-electron chi connectivity index (χ2n) is 6.21. The molecule has 4 N–H and O–H groups in total. The number of rotatable bonds is 6. The normalized spacial score (nSPS) is 13.8. The van der Waals surface area contributed by atoms with E-state index in [2.05, 4.69) is 16.7 Å². The molecule has 0 unspecified atom stereocenters. The second kappa shape index (κ2) is 6.26. The Labute approximate surface area is 125 Å². The van der Waals surface area contributed by atoms with Gasteiger partial charge in [0.2, 0.25) is 11.8 Å². The molecule has 0 saturated carbocycles. The largest absolute Gasteiger partial charge is 0.350 e. The van der Waals surface area contributed by atoms with Crippen LogP contribution in [0.1, 0.15) is 37.8 Å². The summed E-state index contributed by atoms with van der Waals surface area (Å²) < 4.78 is 0. The summed E-state index contributed by atoms with van der Waals surface area (Å²) in [6.07, 6.45) is 2.55. The van der Waals surface area contributed by atoms with Crippen LogP contribution in [0.25, 0.3) is 0 Å². The second-order valence-corrected chi connectivity index (χ2v) is 6.21. The van der Waals surface area contributed by atoms with Gasteiger partial charge in [0.05, 0.1) is 6.42 Å². The lowest BCUT2D eigenvalue weighted by Gasteiger charge is -2.24. The molecule has 114 valence electrons. The van der Waals surface area contributed by atoms with Crippen LogP contribution in [0, 0.1) is 0 Å². The molecule has 2 amide bonds. The minimum Gasteiger partial charge on any atom is -0.350 e. The van der Waals surface area contributed by atoms with Crippen molar-refractivity contribution in [3.05, 3.63) is 29.3 Å². The number of carbonyl (C=O) groups is 2. The van der Waals surface area contributed by atoms with Crippen molar-refractivity contribution in [2.45, 2.75) is 45.1 Å². The molecule has 0 spiro atoms. The summed E-state index contributed by atoms with van der Waals surface area (Å²) in [5.74, 6) is 0.0778. The Bertz CT molecular complexity index is 552. The van der Waals surface area contributed by atoms with Gasteiger partial charge in [0.15, 0.2) is 0 Å². The average Bonchev–Trinajstić information content (AvgIpc) is 2.77. The molecule has 0 atom stereocenters. The highest BCUT2D eigenvalue weighted by Crippen LogP contribution is 2.24. The van der Waals surface area contributed by atoms with Crippen LogP contribution in [0.5, 0.6) is 0 Å². The third kappa shape index (κ3) is 4.29. The van der Waals surface area contributed by atoms with Crippen LogP contribution >= 0.6 is 0 Å². The SMILES string of the molecule is CC(C)(CN)NC(=O)CCCc1ccc2c(c1)CC(=O)N2. The monoisotopic (exact) mass is 289 g/mol. The Morgan fingerprint density at radius 1 is 1.43 bits per heavy atom. The van der Waals surface area contributed by atoms with Crippen molar-refractivity contribution in [3.63, 3.8) is 0 Å². The van der Waals surface area contributed by atoms with Crippen LogP contribution < -0.4 is 16.4 Å². The Balaban J connectivity index is 1.81. The summed E-state index contributed by atoms with van der Waals surface area (Å²) in [6.45, 7) is 4.25. The number of benzene rings is 1. The summed E-state index contributed by atoms with van der Waals surface area (Å²) in [6, 6.07) is 5.99. The van der Waals surface area contributed by atoms with Crippen LogP contribution in [0.2, 0.25) is 0 Å². The average molecular weight is 289 g/mol. The van der Waals surface area contributed by atoms with E-state index in [1.807, 2.05) is 26.0 Å². The molecule has 21 heavy (non-hydrogen) atoms. The van der Waals surface area contributed by atoms with E-state index in [0.29, 0.717) is 19.4 Å². The number of nitrogens with two attached hydrogens (primary N) is 1. The third-order valence-electron chi connectivity index (χ3n) is 3.65. The zero-order chi connectivity index (χ0) is 15.5. The lowest BCUT2D eigenvalue weighted by Crippen LogP contribution is -2.48. The summed E-state index contributed by atoms with van der Waals surface area (Å²) >= 11 is 0. The standard InChI is InChI=1S/C16H23N3O2/c1-16(2,10-17)19-14(20)5-3-4-11-6-7-13-12(8-11)9-15(21)18-13/h6-8H,3-5,9-10,17H2,1-2H3,(H,18,21)(H,19,20). The number of carbonyl (C=O) groups excluding carboxylic acids is 2. The van der Waals surface area contributed by atoms with Crippen molar-refractivity contribution >= 4 is 17.5 Å². The van der Waals surface area contributed by atoms with E-state index in [1.165, 1.54) is 0 Å². The van der Waals surface area contributed by atoms with Gasteiger partial charge in [0.25, 0.3) is 0 Å². The van der Waals surface area contributed by atoms with Gasteiger partial charge in [-0.15, -0.1) is 0 Å². The quantitative estimate of drug-likeness (QED) is 0.739. The van der Waals surface area contributed by atoms with Gasteiger partial charge in [-0.3, -0.25) is 9.59 Å². The third-order valence-corrected chi connectivity index (χ3v) is 3.65. The van der Waals surface area contributed by atoms with E-state index in [-0.39, 0.29) is 17.4 Å². The summed E-state index contributed by atoms with van der Waals surface area (Å²) in [5.41, 5.74) is 8.36. The van der Waals surface area contributed by atoms with Gasteiger partial charge < -0.3 is 16.4 Å². The molecule has 0 bridgehead atoms. The topological polar surface area (TPSA) is 84.2 Å². The Hall–Kier alpha value is -1.88. The lowest BCUT2D eigenvalue weighted by molar-refractivity contribution is -0.122. The summed E-state index contributed by atoms with van der Waals surface area (Å²) in [5, 5.41) is 5.74. The molecule has 0 saturated heterocycles. The molecular formula is C16H23N3O2. The number of nitrogens with one attached hydrogen (secondary N) is 2. The fourth-order valence-electron chi connectivity index (χ4n) is 2.38. The smallest absolute Gasteiger partial charge is 0.228 e. The molecule has 5 nitrogen and oxygen atoms in total. The molecule has 2 rings (SSSR count). The van der Waals surface area contributed by atoms with Crippen LogP contribution in [0.3, 0.4) is 0 Å². The molecule has 0 aliphatic carbocycles. The molecule has 1 aromatic carbocycles. The number of hydrogen-bond acceptors (Lipinski definition) is 3. The van der Waals surface area contributed by atoms with Gasteiger partial charge in [0, 0.05) is 24.2 Å². The molecule has 1 aromatic rings. The first kappa shape index (κ1) is 15.5. The fourth-order valence-corrected chi connectivity index (χ4v) is 2.38. The Morgan fingerprint density at radius 2 is 2.19 bits per heavy atom. The minimum absolute atomic E-state index is 0.0310. The lowest BCUT2D eigenvalue weighted by atomic mass is 10.0. The Kier molecular flexibility index (Phi) is 4.63. The van der Waals surface area contributed by atoms with E-state index in [9.17, 15) is 9.59 Å². The van der Waals surface area contributed by atoms with Gasteiger partial charge in [0.1, 0.15) is 0 Å². The Morgan fingerprint density at radius 3 is 2.90 bits per heavy atom. The first-order chi connectivity index (χ1) is 9.89. The first-order valence-corrected chi connectivity index (χ1v) is 7.32. The highest BCUT2D eigenvalue weighted by Gasteiger charge is 2.19. The molecule has 1 aliphatic rings. The van der Waals surface area contributed by atoms with E-state index in [1.54, 1.807) is 0 Å². The number of anilines is 1. The van der Waals surface area contributed by atoms with Crippen LogP contribution in [0.4, 0.5) is 5.69 Å². The number of fused-ring (bicyclic) bond motifs is 1. The zero-order valence-electron chi connectivity index (χ0n) is 12.7. The van der Waals surface area contributed by atoms with E-state index >= 15 is 0 Å². The molecule has 1 heterocycles. The maximum absolute atomic E-state index is 11.8. The number of aryl methyl sites for hydroxylation is 1. The minimum atomic E-state index is -0.351. The maximum Gasteiger partial charge on any atom is 0.228 e. The van der Waals surface area contributed by atoms with Crippen LogP contribution in [-0.2, 0) is 22.4 Å². The van der Waals surface area contributed by atoms with Crippen molar-refractivity contribution in [1.29, 1.82) is 0 Å². The van der Waals surface area contributed by atoms with Gasteiger partial charge in [-0.1, -0.05) is 12.1 Å². The van der Waals surface area contributed by atoms with Crippen molar-refractivity contribution < 1.29 is 9.59 Å². The number of amides is 2. The highest BCUT2D eigenvalue weighted by atomic mass is 16.2. The zero-order valence-corrected chi connectivity index (χ0v) is 12.7. The molecule has 0 radical (unpaired) electrons. The van der Waals surface area contributed by atoms with Crippen molar-refractivity contribution in [3.8, 4) is 0 Å². The van der Waals surface area contributed by atoms with E-state index < -0.39 is 0 Å². The van der Waals surface area contributed by atoms with Gasteiger partial charge in [-0.25, -0.2) is 0 Å². The van der Waals surface area contributed by atoms with E-state index in [4.69, 9.17) is 5.73 Å². The summed E-state index contributed by atoms with van der Waals surface area (Å²) in [4.78, 5) is 23.1. The number of hydrogen-bond donors (Lipinski definition) is 3. The van der Waals surface area contributed by atoms with Crippen LogP contribution in [-0.4, -0.2) is 23.9 Å². The van der Waals surface area contributed by atoms with Gasteiger partial charge in [-0.05, 0) is 43.9 Å².